The predicted octanol–water partition coefficient (Wildman–Crippen LogP) is 2.64. The molecule has 0 saturated carbocycles. The highest BCUT2D eigenvalue weighted by Crippen LogP contribution is 2.02. The highest BCUT2D eigenvalue weighted by atomic mass is 16.5. The maximum absolute atomic E-state index is 10.1. The molecular formula is C11H24O3. The molecule has 86 valence electrons. The highest BCUT2D eigenvalue weighted by Gasteiger charge is 2.04. The van der Waals surface area contributed by atoms with Crippen molar-refractivity contribution < 1.29 is 14.3 Å². The maximum atomic E-state index is 10.1. The van der Waals surface area contributed by atoms with Crippen molar-refractivity contribution in [2.75, 3.05) is 13.7 Å². The Labute approximate surface area is 87.8 Å². The molecule has 0 bridgehead atoms. The van der Waals surface area contributed by atoms with E-state index in [1.54, 1.807) is 7.11 Å². The molecule has 14 heavy (non-hydrogen) atoms. The second kappa shape index (κ2) is 7.80. The number of carbonyl (C=O) groups excluding carboxylic acids is 1. The fraction of sp³-hybridized carbons (Fsp3) is 0.909. The molecule has 0 amide bonds. The summed E-state index contributed by atoms with van der Waals surface area (Å²) in [5.74, 6) is 0.248. The summed E-state index contributed by atoms with van der Waals surface area (Å²) in [6.07, 6.45) is 0. The molecule has 0 aliphatic heterocycles. The number of carbonyl (C=O) groups is 1. The van der Waals surface area contributed by atoms with Crippen LogP contribution in [0.1, 0.15) is 41.5 Å². The van der Waals surface area contributed by atoms with Gasteiger partial charge in [0.05, 0.1) is 12.2 Å². The first-order chi connectivity index (χ1) is 6.19. The standard InChI is InChI=1S/C6H12O2.C5H12O/c1-5(2)4-8-6(3)7;1-5(2,3)6-4/h5H,4H2,1-3H3;1-4H3. The first-order valence-corrected chi connectivity index (χ1v) is 4.87. The Morgan fingerprint density at radius 1 is 1.29 bits per heavy atom. The lowest BCUT2D eigenvalue weighted by Crippen LogP contribution is -2.15. The van der Waals surface area contributed by atoms with Gasteiger partial charge in [0.2, 0.25) is 0 Å². The van der Waals surface area contributed by atoms with Crippen LogP contribution in [0.25, 0.3) is 0 Å². The van der Waals surface area contributed by atoms with Gasteiger partial charge in [-0.05, 0) is 26.7 Å². The van der Waals surface area contributed by atoms with E-state index in [4.69, 9.17) is 4.74 Å². The molecule has 0 aliphatic carbocycles. The zero-order valence-electron chi connectivity index (χ0n) is 10.5. The lowest BCUT2D eigenvalue weighted by atomic mass is 10.2. The minimum atomic E-state index is -0.196. The van der Waals surface area contributed by atoms with Gasteiger partial charge in [-0.2, -0.15) is 0 Å². The van der Waals surface area contributed by atoms with Gasteiger partial charge in [0.15, 0.2) is 0 Å². The SMILES string of the molecule is CC(=O)OCC(C)C.COC(C)(C)C. The third-order valence-electron chi connectivity index (χ3n) is 1.23. The minimum Gasteiger partial charge on any atom is -0.466 e. The topological polar surface area (TPSA) is 35.5 Å². The molecule has 0 N–H and O–H groups in total. The third kappa shape index (κ3) is 22.5. The molecule has 0 aliphatic rings. The second-order valence-electron chi connectivity index (χ2n) is 4.51. The van der Waals surface area contributed by atoms with Gasteiger partial charge in [-0.25, -0.2) is 0 Å². The van der Waals surface area contributed by atoms with Crippen molar-refractivity contribution >= 4 is 5.97 Å². The molecule has 0 atom stereocenters. The van der Waals surface area contributed by atoms with Gasteiger partial charge < -0.3 is 9.47 Å². The average molecular weight is 204 g/mol. The normalized spacial score (nSPS) is 10.6. The van der Waals surface area contributed by atoms with E-state index in [-0.39, 0.29) is 11.6 Å². The lowest BCUT2D eigenvalue weighted by Gasteiger charge is -2.14. The Morgan fingerprint density at radius 2 is 1.64 bits per heavy atom. The van der Waals surface area contributed by atoms with Crippen molar-refractivity contribution in [2.45, 2.75) is 47.1 Å². The van der Waals surface area contributed by atoms with Crippen molar-refractivity contribution in [3.05, 3.63) is 0 Å². The molecule has 0 fully saturated rings. The summed E-state index contributed by atoms with van der Waals surface area (Å²) in [5.41, 5.74) is 0.0417. The first kappa shape index (κ1) is 15.9. The Kier molecular flexibility index (Phi) is 8.85. The zero-order chi connectivity index (χ0) is 11.8. The molecular weight excluding hydrogens is 180 g/mol. The van der Waals surface area contributed by atoms with E-state index >= 15 is 0 Å². The van der Waals surface area contributed by atoms with Gasteiger partial charge in [0.1, 0.15) is 0 Å². The summed E-state index contributed by atoms with van der Waals surface area (Å²) in [6, 6.07) is 0. The number of ether oxygens (including phenoxy) is 2. The van der Waals surface area contributed by atoms with E-state index in [1.807, 2.05) is 34.6 Å². The van der Waals surface area contributed by atoms with Gasteiger partial charge in [-0.15, -0.1) is 0 Å². The molecule has 0 radical (unpaired) electrons. The predicted molar refractivity (Wildman–Crippen MR) is 58.2 cm³/mol. The third-order valence-corrected chi connectivity index (χ3v) is 1.23. The number of esters is 1. The molecule has 0 unspecified atom stereocenters. The fourth-order valence-corrected chi connectivity index (χ4v) is 0.284. The van der Waals surface area contributed by atoms with Crippen LogP contribution in [-0.2, 0) is 14.3 Å². The van der Waals surface area contributed by atoms with E-state index in [2.05, 4.69) is 4.74 Å². The monoisotopic (exact) mass is 204 g/mol. The van der Waals surface area contributed by atoms with Crippen molar-refractivity contribution in [2.24, 2.45) is 5.92 Å². The van der Waals surface area contributed by atoms with E-state index in [0.717, 1.165) is 0 Å². The zero-order valence-corrected chi connectivity index (χ0v) is 10.5. The van der Waals surface area contributed by atoms with Crippen LogP contribution in [0, 0.1) is 5.92 Å². The summed E-state index contributed by atoms with van der Waals surface area (Å²) in [5, 5.41) is 0. The first-order valence-electron chi connectivity index (χ1n) is 4.87. The average Bonchev–Trinajstić information content (AvgIpc) is 2.01. The lowest BCUT2D eigenvalue weighted by molar-refractivity contribution is -0.141. The van der Waals surface area contributed by atoms with Crippen LogP contribution in [0.5, 0.6) is 0 Å². The molecule has 3 heteroatoms. The van der Waals surface area contributed by atoms with Crippen LogP contribution in [0.3, 0.4) is 0 Å². The number of rotatable bonds is 2. The van der Waals surface area contributed by atoms with E-state index in [0.29, 0.717) is 12.5 Å². The van der Waals surface area contributed by atoms with Crippen LogP contribution in [-0.4, -0.2) is 25.3 Å². The molecule has 0 aromatic heterocycles. The summed E-state index contributed by atoms with van der Waals surface area (Å²) < 4.78 is 9.60. The maximum Gasteiger partial charge on any atom is 0.302 e. The van der Waals surface area contributed by atoms with Crippen LogP contribution in [0.2, 0.25) is 0 Å². The van der Waals surface area contributed by atoms with Crippen LogP contribution < -0.4 is 0 Å². The molecule has 0 saturated heterocycles. The van der Waals surface area contributed by atoms with Gasteiger partial charge in [0.25, 0.3) is 0 Å². The van der Waals surface area contributed by atoms with Crippen LogP contribution in [0.4, 0.5) is 0 Å². The number of methoxy groups -OCH3 is 1. The Balaban J connectivity index is 0. The van der Waals surface area contributed by atoms with Gasteiger partial charge in [-0.3, -0.25) is 4.79 Å². The molecule has 0 aromatic carbocycles. The van der Waals surface area contributed by atoms with Crippen molar-refractivity contribution in [3.8, 4) is 0 Å². The van der Waals surface area contributed by atoms with Crippen molar-refractivity contribution in [1.29, 1.82) is 0 Å². The smallest absolute Gasteiger partial charge is 0.302 e. The fourth-order valence-electron chi connectivity index (χ4n) is 0.284. The largest absolute Gasteiger partial charge is 0.466 e. The molecule has 3 nitrogen and oxygen atoms in total. The highest BCUT2D eigenvalue weighted by molar-refractivity contribution is 5.65. The van der Waals surface area contributed by atoms with Gasteiger partial charge in [0, 0.05) is 14.0 Å². The van der Waals surface area contributed by atoms with E-state index < -0.39 is 0 Å². The quantitative estimate of drug-likeness (QED) is 0.649. The van der Waals surface area contributed by atoms with Gasteiger partial charge >= 0.3 is 5.97 Å². The van der Waals surface area contributed by atoms with E-state index in [1.165, 1.54) is 6.92 Å². The molecule has 0 rings (SSSR count). The van der Waals surface area contributed by atoms with Crippen molar-refractivity contribution in [1.82, 2.24) is 0 Å². The number of hydrogen-bond donors (Lipinski definition) is 0. The summed E-state index contributed by atoms with van der Waals surface area (Å²) in [6.45, 7) is 12.0. The Bertz CT molecular complexity index is 145. The van der Waals surface area contributed by atoms with Crippen LogP contribution in [0.15, 0.2) is 0 Å². The molecule has 0 spiro atoms. The number of hydrogen-bond acceptors (Lipinski definition) is 3. The minimum absolute atomic E-state index is 0.0417. The van der Waals surface area contributed by atoms with Crippen LogP contribution >= 0.6 is 0 Å². The van der Waals surface area contributed by atoms with Crippen molar-refractivity contribution in [3.63, 3.8) is 0 Å². The Morgan fingerprint density at radius 3 is 1.71 bits per heavy atom. The molecule has 0 heterocycles. The second-order valence-corrected chi connectivity index (χ2v) is 4.51. The summed E-state index contributed by atoms with van der Waals surface area (Å²) >= 11 is 0. The Hall–Kier alpha value is -0.570. The molecule has 0 aromatic rings. The summed E-state index contributed by atoms with van der Waals surface area (Å²) in [4.78, 5) is 10.1. The summed E-state index contributed by atoms with van der Waals surface area (Å²) in [7, 11) is 1.71. The van der Waals surface area contributed by atoms with E-state index in [9.17, 15) is 4.79 Å². The van der Waals surface area contributed by atoms with Gasteiger partial charge in [-0.1, -0.05) is 13.8 Å².